The molecule has 0 bridgehead atoms. The molecule has 1 aromatic heterocycles. The Labute approximate surface area is 86.3 Å². The summed E-state index contributed by atoms with van der Waals surface area (Å²) in [6, 6.07) is 0.124. The maximum Gasteiger partial charge on any atom is 0.322 e. The predicted octanol–water partition coefficient (Wildman–Crippen LogP) is 2.05. The summed E-state index contributed by atoms with van der Waals surface area (Å²) in [6.07, 6.45) is 1.27. The van der Waals surface area contributed by atoms with Crippen molar-refractivity contribution >= 4 is 23.2 Å². The van der Waals surface area contributed by atoms with E-state index in [1.54, 1.807) is 0 Å². The van der Waals surface area contributed by atoms with Gasteiger partial charge < -0.3 is 4.74 Å². The summed E-state index contributed by atoms with van der Waals surface area (Å²) in [7, 11) is 0. The van der Waals surface area contributed by atoms with Gasteiger partial charge in [0.25, 0.3) is 0 Å². The van der Waals surface area contributed by atoms with Crippen molar-refractivity contribution in [1.29, 1.82) is 0 Å². The lowest BCUT2D eigenvalue weighted by Gasteiger charge is -2.02. The fourth-order valence-electron chi connectivity index (χ4n) is 0.620. The molecule has 0 spiro atoms. The van der Waals surface area contributed by atoms with Crippen LogP contribution in [0.25, 0.3) is 0 Å². The largest absolute Gasteiger partial charge is 0.463 e. The lowest BCUT2D eigenvalue weighted by Crippen LogP contribution is -2.02. The molecule has 0 aliphatic rings. The molecule has 1 rings (SSSR count). The van der Waals surface area contributed by atoms with E-state index >= 15 is 0 Å². The third kappa shape index (κ3) is 3.74. The first kappa shape index (κ1) is 10.5. The molecule has 4 nitrogen and oxygen atoms in total. The number of halogens is 2. The van der Waals surface area contributed by atoms with Gasteiger partial charge in [-0.3, -0.25) is 0 Å². The van der Waals surface area contributed by atoms with Crippen molar-refractivity contribution < 1.29 is 4.74 Å². The minimum absolute atomic E-state index is 0.0164. The molecule has 0 atom stereocenters. The number of rotatable bonds is 4. The van der Waals surface area contributed by atoms with E-state index in [1.807, 2.05) is 0 Å². The van der Waals surface area contributed by atoms with Crippen molar-refractivity contribution in [2.75, 3.05) is 6.61 Å². The van der Waals surface area contributed by atoms with Crippen LogP contribution in [0.15, 0.2) is 0 Å². The highest BCUT2D eigenvalue weighted by atomic mass is 35.5. The highest BCUT2D eigenvalue weighted by molar-refractivity contribution is 6.31. The number of hydrogen-bond donors (Lipinski definition) is 0. The zero-order valence-corrected chi connectivity index (χ0v) is 8.22. The van der Waals surface area contributed by atoms with Crippen molar-refractivity contribution in [3.63, 3.8) is 0 Å². The van der Waals surface area contributed by atoms with Crippen LogP contribution in [0.1, 0.15) is 12.8 Å². The van der Waals surface area contributed by atoms with Crippen molar-refractivity contribution in [2.24, 2.45) is 0 Å². The number of nitrogens with zero attached hydrogens (tertiary/aromatic N) is 3. The second kappa shape index (κ2) is 5.19. The minimum atomic E-state index is 0.0164. The van der Waals surface area contributed by atoms with E-state index in [9.17, 15) is 0 Å². The molecule has 0 fully saturated rings. The predicted molar refractivity (Wildman–Crippen MR) is 48.9 cm³/mol. The Morgan fingerprint density at radius 3 is 2.31 bits per heavy atom. The molecule has 0 saturated carbocycles. The van der Waals surface area contributed by atoms with Gasteiger partial charge in [-0.25, -0.2) is 0 Å². The van der Waals surface area contributed by atoms with E-state index in [1.165, 1.54) is 0 Å². The van der Waals surface area contributed by atoms with Crippen LogP contribution in [0.3, 0.4) is 0 Å². The van der Waals surface area contributed by atoms with Gasteiger partial charge in [0.15, 0.2) is 0 Å². The van der Waals surface area contributed by atoms with Crippen LogP contribution in [0.5, 0.6) is 6.01 Å². The summed E-state index contributed by atoms with van der Waals surface area (Å²) >= 11 is 11.0. The first-order valence-electron chi connectivity index (χ1n) is 3.62. The van der Waals surface area contributed by atoms with Gasteiger partial charge in [-0.1, -0.05) is 0 Å². The van der Waals surface area contributed by atoms with E-state index in [2.05, 4.69) is 15.0 Å². The van der Waals surface area contributed by atoms with Gasteiger partial charge in [0.2, 0.25) is 10.6 Å². The monoisotopic (exact) mass is 219 g/mol. The van der Waals surface area contributed by atoms with E-state index in [0.29, 0.717) is 13.0 Å². The Kier molecular flexibility index (Phi) is 4.18. The molecule has 0 aliphatic heterocycles. The third-order valence-electron chi connectivity index (χ3n) is 1.14. The van der Waals surface area contributed by atoms with Crippen molar-refractivity contribution in [2.45, 2.75) is 12.8 Å². The normalized spacial score (nSPS) is 10.1. The van der Waals surface area contributed by atoms with E-state index in [-0.39, 0.29) is 16.6 Å². The van der Waals surface area contributed by atoms with Crippen LogP contribution in [0.4, 0.5) is 0 Å². The standard InChI is InChI=1S/C7H7Cl2N3O/c1-2-3-4-13-7-11-5(8)10-6(9)12-7/h1H,2-4H2. The summed E-state index contributed by atoms with van der Waals surface area (Å²) in [5.74, 6) is 0. The first-order valence-corrected chi connectivity index (χ1v) is 4.38. The molecule has 0 unspecified atom stereocenters. The molecule has 70 valence electrons. The minimum Gasteiger partial charge on any atom is -0.463 e. The second-order valence-corrected chi connectivity index (χ2v) is 2.82. The van der Waals surface area contributed by atoms with E-state index in [0.717, 1.165) is 6.42 Å². The van der Waals surface area contributed by atoms with Crippen LogP contribution in [0, 0.1) is 6.92 Å². The highest BCUT2D eigenvalue weighted by Crippen LogP contribution is 2.11. The fourth-order valence-corrected chi connectivity index (χ4v) is 0.968. The quantitative estimate of drug-likeness (QED) is 0.728. The third-order valence-corrected chi connectivity index (χ3v) is 1.48. The Bertz CT molecular complexity index is 262. The first-order chi connectivity index (χ1) is 6.22. The number of hydrogen-bond acceptors (Lipinski definition) is 4. The molecule has 2 radical (unpaired) electrons. The van der Waals surface area contributed by atoms with Gasteiger partial charge in [-0.05, 0) is 43.0 Å². The maximum atomic E-state index is 5.51. The molecule has 13 heavy (non-hydrogen) atoms. The zero-order chi connectivity index (χ0) is 9.68. The van der Waals surface area contributed by atoms with Crippen LogP contribution in [-0.4, -0.2) is 21.6 Å². The summed E-state index contributed by atoms with van der Waals surface area (Å²) < 4.78 is 5.10. The summed E-state index contributed by atoms with van der Waals surface area (Å²) in [5.41, 5.74) is 0. The number of aromatic nitrogens is 3. The van der Waals surface area contributed by atoms with Gasteiger partial charge in [-0.15, -0.1) is 0 Å². The highest BCUT2D eigenvalue weighted by Gasteiger charge is 2.02. The number of unbranched alkanes of at least 4 members (excludes halogenated alkanes) is 1. The van der Waals surface area contributed by atoms with Crippen molar-refractivity contribution in [3.05, 3.63) is 17.5 Å². The topological polar surface area (TPSA) is 47.9 Å². The van der Waals surface area contributed by atoms with Gasteiger partial charge in [0, 0.05) is 0 Å². The molecule has 0 saturated heterocycles. The van der Waals surface area contributed by atoms with Crippen LogP contribution < -0.4 is 4.74 Å². The Balaban J connectivity index is 2.56. The Morgan fingerprint density at radius 1 is 1.15 bits per heavy atom. The molecule has 1 heterocycles. The molecule has 0 aromatic carbocycles. The molecule has 1 aromatic rings. The van der Waals surface area contributed by atoms with Gasteiger partial charge in [0.05, 0.1) is 6.61 Å². The average molecular weight is 220 g/mol. The van der Waals surface area contributed by atoms with Crippen LogP contribution >= 0.6 is 23.2 Å². The second-order valence-electron chi connectivity index (χ2n) is 2.15. The lowest BCUT2D eigenvalue weighted by molar-refractivity contribution is 0.286. The smallest absolute Gasteiger partial charge is 0.322 e. The van der Waals surface area contributed by atoms with Gasteiger partial charge >= 0.3 is 6.01 Å². The molecule has 0 amide bonds. The van der Waals surface area contributed by atoms with Crippen LogP contribution in [-0.2, 0) is 0 Å². The average Bonchev–Trinajstić information content (AvgIpc) is 2.03. The van der Waals surface area contributed by atoms with Crippen molar-refractivity contribution in [3.8, 4) is 6.01 Å². The van der Waals surface area contributed by atoms with E-state index in [4.69, 9.17) is 34.9 Å². The van der Waals surface area contributed by atoms with Crippen molar-refractivity contribution in [1.82, 2.24) is 15.0 Å². The lowest BCUT2D eigenvalue weighted by atomic mass is 10.4. The molecular formula is C7H7Cl2N3O. The van der Waals surface area contributed by atoms with Gasteiger partial charge in [-0.2, -0.15) is 15.0 Å². The fraction of sp³-hybridized carbons (Fsp3) is 0.429. The molecular weight excluding hydrogens is 213 g/mol. The summed E-state index contributed by atoms with van der Waals surface area (Å²) in [6.45, 7) is 5.70. The summed E-state index contributed by atoms with van der Waals surface area (Å²) in [5, 5.41) is 0.0329. The SMILES string of the molecule is [CH]CCCOc1nc(Cl)nc(Cl)n1. The van der Waals surface area contributed by atoms with Crippen LogP contribution in [0.2, 0.25) is 10.6 Å². The molecule has 6 heteroatoms. The van der Waals surface area contributed by atoms with E-state index < -0.39 is 0 Å². The zero-order valence-electron chi connectivity index (χ0n) is 6.70. The number of ether oxygens (including phenoxy) is 1. The maximum absolute atomic E-state index is 5.51. The molecule has 0 N–H and O–H groups in total. The Hall–Kier alpha value is -0.610. The Morgan fingerprint density at radius 2 is 1.77 bits per heavy atom. The molecule has 0 aliphatic carbocycles. The summed E-state index contributed by atoms with van der Waals surface area (Å²) in [4.78, 5) is 11.0. The van der Waals surface area contributed by atoms with Gasteiger partial charge in [0.1, 0.15) is 0 Å².